The van der Waals surface area contributed by atoms with Gasteiger partial charge in [0, 0.05) is 17.5 Å². The Hall–Kier alpha value is -1.72. The van der Waals surface area contributed by atoms with Crippen LogP contribution in [-0.2, 0) is 11.2 Å². The zero-order valence-corrected chi connectivity index (χ0v) is 14.9. The normalized spacial score (nSPS) is 18.3. The van der Waals surface area contributed by atoms with Gasteiger partial charge in [0.2, 0.25) is 5.91 Å². The average Bonchev–Trinajstić information content (AvgIpc) is 3.08. The summed E-state index contributed by atoms with van der Waals surface area (Å²) in [5.74, 6) is -0.155. The van der Waals surface area contributed by atoms with Crippen molar-refractivity contribution in [2.75, 3.05) is 13.1 Å². The summed E-state index contributed by atoms with van der Waals surface area (Å²) in [6, 6.07) is 8.80. The summed E-state index contributed by atoms with van der Waals surface area (Å²) in [5, 5.41) is 5.36. The highest BCUT2D eigenvalue weighted by atomic mass is 32.1. The van der Waals surface area contributed by atoms with E-state index in [0.29, 0.717) is 19.1 Å². The molecule has 0 aliphatic carbocycles. The maximum absolute atomic E-state index is 13.3. The fraction of sp³-hybridized carbons (Fsp3) is 0.421. The molecule has 1 aromatic heterocycles. The summed E-state index contributed by atoms with van der Waals surface area (Å²) in [4.78, 5) is 16.0. The van der Waals surface area contributed by atoms with Crippen molar-refractivity contribution < 1.29 is 9.18 Å². The first-order chi connectivity index (χ1) is 11.6. The van der Waals surface area contributed by atoms with Crippen molar-refractivity contribution in [1.29, 1.82) is 0 Å². The second-order valence-electron chi connectivity index (χ2n) is 6.28. The van der Waals surface area contributed by atoms with Gasteiger partial charge in [-0.15, -0.1) is 11.3 Å². The second kappa shape index (κ2) is 7.45. The van der Waals surface area contributed by atoms with Crippen LogP contribution >= 0.6 is 11.3 Å². The van der Waals surface area contributed by atoms with Gasteiger partial charge in [-0.3, -0.25) is 4.79 Å². The number of benzene rings is 1. The Balaban J connectivity index is 1.87. The molecule has 5 heteroatoms. The molecule has 0 saturated carbocycles. The van der Waals surface area contributed by atoms with Crippen LogP contribution in [0, 0.1) is 5.82 Å². The lowest BCUT2D eigenvalue weighted by Gasteiger charge is -2.36. The molecule has 1 N–H and O–H groups in total. The molecule has 24 heavy (non-hydrogen) atoms. The first-order valence-corrected chi connectivity index (χ1v) is 9.32. The van der Waals surface area contributed by atoms with Gasteiger partial charge < -0.3 is 10.2 Å². The van der Waals surface area contributed by atoms with E-state index in [2.05, 4.69) is 30.6 Å². The maximum Gasteiger partial charge on any atom is 0.237 e. The van der Waals surface area contributed by atoms with Crippen molar-refractivity contribution in [3.05, 3.63) is 57.5 Å². The van der Waals surface area contributed by atoms with Crippen LogP contribution in [0.5, 0.6) is 0 Å². The third kappa shape index (κ3) is 3.52. The Morgan fingerprint density at radius 3 is 2.83 bits per heavy atom. The molecule has 1 aliphatic heterocycles. The largest absolute Gasteiger partial charge is 0.330 e. The molecular weight excluding hydrogens is 323 g/mol. The molecule has 0 bridgehead atoms. The van der Waals surface area contributed by atoms with Crippen molar-refractivity contribution in [1.82, 2.24) is 10.2 Å². The lowest BCUT2D eigenvalue weighted by Crippen LogP contribution is -2.45. The van der Waals surface area contributed by atoms with E-state index in [1.807, 2.05) is 4.90 Å². The van der Waals surface area contributed by atoms with Crippen molar-refractivity contribution in [3.63, 3.8) is 0 Å². The Bertz CT molecular complexity index is 698. The third-order valence-electron chi connectivity index (χ3n) is 4.69. The number of amides is 1. The van der Waals surface area contributed by atoms with E-state index in [4.69, 9.17) is 0 Å². The lowest BCUT2D eigenvalue weighted by molar-refractivity contribution is -0.132. The number of carbonyl (C=O) groups is 1. The Labute approximate surface area is 146 Å². The van der Waals surface area contributed by atoms with E-state index < -0.39 is 0 Å². The van der Waals surface area contributed by atoms with Gasteiger partial charge in [0.05, 0.1) is 12.6 Å². The number of carbonyl (C=O) groups excluding carboxylic acids is 1. The minimum absolute atomic E-state index is 0.0986. The molecule has 1 aromatic carbocycles. The molecule has 0 fully saturated rings. The summed E-state index contributed by atoms with van der Waals surface area (Å²) >= 11 is 1.73. The van der Waals surface area contributed by atoms with E-state index in [9.17, 15) is 9.18 Å². The van der Waals surface area contributed by atoms with Crippen LogP contribution < -0.4 is 5.32 Å². The first-order valence-electron chi connectivity index (χ1n) is 8.44. The molecule has 0 unspecified atom stereocenters. The summed E-state index contributed by atoms with van der Waals surface area (Å²) < 4.78 is 13.3. The number of hydrogen-bond acceptors (Lipinski definition) is 3. The molecule has 0 spiro atoms. The van der Waals surface area contributed by atoms with Crippen LogP contribution in [0.1, 0.15) is 42.3 Å². The minimum Gasteiger partial charge on any atom is -0.330 e. The highest BCUT2D eigenvalue weighted by Gasteiger charge is 2.32. The predicted molar refractivity (Wildman–Crippen MR) is 95.7 cm³/mol. The number of nitrogens with one attached hydrogen (secondary N) is 1. The van der Waals surface area contributed by atoms with Gasteiger partial charge >= 0.3 is 0 Å². The van der Waals surface area contributed by atoms with E-state index in [1.165, 1.54) is 22.6 Å². The van der Waals surface area contributed by atoms with Gasteiger partial charge in [-0.2, -0.15) is 0 Å². The van der Waals surface area contributed by atoms with E-state index in [-0.39, 0.29) is 17.8 Å². The highest BCUT2D eigenvalue weighted by Crippen LogP contribution is 2.37. The number of rotatable bonds is 5. The summed E-state index contributed by atoms with van der Waals surface area (Å²) in [6.45, 7) is 5.22. The molecular formula is C19H23FN2OS. The van der Waals surface area contributed by atoms with Gasteiger partial charge in [-0.05, 0) is 54.5 Å². The fourth-order valence-corrected chi connectivity index (χ4v) is 4.00. The SMILES string of the molecule is CC[C@H](C)NCC(=O)N1CCc2sccc2[C@H]1c1ccc(F)cc1. The van der Waals surface area contributed by atoms with Gasteiger partial charge in [-0.1, -0.05) is 19.1 Å². The molecule has 1 amide bonds. The standard InChI is InChI=1S/C19H23FN2OS/c1-3-13(2)21-12-18(23)22-10-8-17-16(9-11-24-17)19(22)14-4-6-15(20)7-5-14/h4-7,9,11,13,19,21H,3,8,10,12H2,1-2H3/t13-,19+/m0/s1. The van der Waals surface area contributed by atoms with Gasteiger partial charge in [-0.25, -0.2) is 4.39 Å². The minimum atomic E-state index is -0.253. The van der Waals surface area contributed by atoms with Gasteiger partial charge in [0.1, 0.15) is 5.82 Å². The molecule has 1 aliphatic rings. The number of nitrogens with zero attached hydrogens (tertiary/aromatic N) is 1. The molecule has 2 atom stereocenters. The zero-order chi connectivity index (χ0) is 17.1. The van der Waals surface area contributed by atoms with Crippen LogP contribution in [0.4, 0.5) is 4.39 Å². The third-order valence-corrected chi connectivity index (χ3v) is 5.68. The summed E-state index contributed by atoms with van der Waals surface area (Å²) in [6.07, 6.45) is 1.88. The molecule has 0 saturated heterocycles. The number of halogens is 1. The quantitative estimate of drug-likeness (QED) is 0.894. The maximum atomic E-state index is 13.3. The first kappa shape index (κ1) is 17.1. The zero-order valence-electron chi connectivity index (χ0n) is 14.1. The number of fused-ring (bicyclic) bond motifs is 1. The summed E-state index contributed by atoms with van der Waals surface area (Å²) in [7, 11) is 0. The van der Waals surface area contributed by atoms with Crippen molar-refractivity contribution in [2.24, 2.45) is 0 Å². The van der Waals surface area contributed by atoms with E-state index in [1.54, 1.807) is 23.5 Å². The molecule has 3 rings (SSSR count). The summed E-state index contributed by atoms with van der Waals surface area (Å²) in [5.41, 5.74) is 2.14. The van der Waals surface area contributed by atoms with Crippen LogP contribution in [0.15, 0.2) is 35.7 Å². The van der Waals surface area contributed by atoms with E-state index >= 15 is 0 Å². The number of thiophene rings is 1. The highest BCUT2D eigenvalue weighted by molar-refractivity contribution is 7.10. The van der Waals surface area contributed by atoms with Crippen molar-refractivity contribution in [2.45, 2.75) is 38.8 Å². The van der Waals surface area contributed by atoms with Gasteiger partial charge in [0.25, 0.3) is 0 Å². The van der Waals surface area contributed by atoms with Crippen LogP contribution in [0.3, 0.4) is 0 Å². The second-order valence-corrected chi connectivity index (χ2v) is 7.28. The molecule has 2 aromatic rings. The average molecular weight is 346 g/mol. The molecule has 2 heterocycles. The topological polar surface area (TPSA) is 32.3 Å². The van der Waals surface area contributed by atoms with Gasteiger partial charge in [0.15, 0.2) is 0 Å². The molecule has 3 nitrogen and oxygen atoms in total. The van der Waals surface area contributed by atoms with Crippen molar-refractivity contribution in [3.8, 4) is 0 Å². The Morgan fingerprint density at radius 2 is 2.12 bits per heavy atom. The van der Waals surface area contributed by atoms with Crippen LogP contribution in [-0.4, -0.2) is 29.9 Å². The number of hydrogen-bond donors (Lipinski definition) is 1. The van der Waals surface area contributed by atoms with E-state index in [0.717, 1.165) is 18.4 Å². The monoisotopic (exact) mass is 346 g/mol. The molecule has 0 radical (unpaired) electrons. The predicted octanol–water partition coefficient (Wildman–Crippen LogP) is 3.75. The lowest BCUT2D eigenvalue weighted by atomic mass is 9.93. The molecule has 128 valence electrons. The Kier molecular flexibility index (Phi) is 5.31. The smallest absolute Gasteiger partial charge is 0.237 e. The van der Waals surface area contributed by atoms with Crippen LogP contribution in [0.2, 0.25) is 0 Å². The Morgan fingerprint density at radius 1 is 1.38 bits per heavy atom. The fourth-order valence-electron chi connectivity index (χ4n) is 3.10. The van der Waals surface area contributed by atoms with Crippen molar-refractivity contribution >= 4 is 17.2 Å². The van der Waals surface area contributed by atoms with Crippen LogP contribution in [0.25, 0.3) is 0 Å².